The van der Waals surface area contributed by atoms with E-state index in [1.807, 2.05) is 0 Å². The van der Waals surface area contributed by atoms with E-state index in [1.54, 1.807) is 11.1 Å². The van der Waals surface area contributed by atoms with Crippen LogP contribution in [0.15, 0.2) is 18.2 Å². The molecule has 1 nitrogen and oxygen atoms in total. The predicted molar refractivity (Wildman–Crippen MR) is 83.7 cm³/mol. The molecule has 1 aliphatic rings. The molecule has 0 spiro atoms. The third-order valence-electron chi connectivity index (χ3n) is 4.44. The lowest BCUT2D eigenvalue weighted by Gasteiger charge is -2.22. The summed E-state index contributed by atoms with van der Waals surface area (Å²) in [6.45, 7) is 9.24. The van der Waals surface area contributed by atoms with Gasteiger partial charge < -0.3 is 5.32 Å². The first kappa shape index (κ1) is 14.6. The van der Waals surface area contributed by atoms with Gasteiger partial charge in [-0.15, -0.1) is 0 Å². The first-order valence-corrected chi connectivity index (χ1v) is 8.02. The van der Waals surface area contributed by atoms with Gasteiger partial charge in [0.25, 0.3) is 0 Å². The highest BCUT2D eigenvalue weighted by molar-refractivity contribution is 5.35. The molecule has 0 bridgehead atoms. The van der Waals surface area contributed by atoms with Gasteiger partial charge >= 0.3 is 0 Å². The van der Waals surface area contributed by atoms with E-state index >= 15 is 0 Å². The Morgan fingerprint density at radius 2 is 1.95 bits per heavy atom. The first-order valence-electron chi connectivity index (χ1n) is 8.02. The highest BCUT2D eigenvalue weighted by Crippen LogP contribution is 2.25. The van der Waals surface area contributed by atoms with Gasteiger partial charge in [0.2, 0.25) is 0 Å². The van der Waals surface area contributed by atoms with Gasteiger partial charge in [0.1, 0.15) is 0 Å². The summed E-state index contributed by atoms with van der Waals surface area (Å²) >= 11 is 0. The average molecular weight is 259 g/mol. The fraction of sp³-hybridized carbons (Fsp3) is 0.667. The van der Waals surface area contributed by atoms with E-state index in [0.29, 0.717) is 0 Å². The quantitative estimate of drug-likeness (QED) is 0.730. The van der Waals surface area contributed by atoms with Gasteiger partial charge in [0.15, 0.2) is 0 Å². The number of benzene rings is 1. The van der Waals surface area contributed by atoms with Crippen LogP contribution in [-0.4, -0.2) is 13.1 Å². The van der Waals surface area contributed by atoms with E-state index in [0.717, 1.165) is 24.9 Å². The third-order valence-corrected chi connectivity index (χ3v) is 4.44. The van der Waals surface area contributed by atoms with Crippen LogP contribution in [0, 0.1) is 11.8 Å². The van der Waals surface area contributed by atoms with Crippen LogP contribution in [0.5, 0.6) is 0 Å². The monoisotopic (exact) mass is 259 g/mol. The zero-order chi connectivity index (χ0) is 13.7. The number of hydrogen-bond acceptors (Lipinski definition) is 1. The van der Waals surface area contributed by atoms with E-state index in [9.17, 15) is 0 Å². The molecule has 1 aromatic carbocycles. The summed E-state index contributed by atoms with van der Waals surface area (Å²) < 4.78 is 0. The summed E-state index contributed by atoms with van der Waals surface area (Å²) in [5.41, 5.74) is 4.74. The SMILES string of the molecule is CCCNCC(Cc1ccc2c(c1)CCC2)C(C)C. The highest BCUT2D eigenvalue weighted by Gasteiger charge is 2.16. The van der Waals surface area contributed by atoms with Gasteiger partial charge in [-0.05, 0) is 73.7 Å². The van der Waals surface area contributed by atoms with Crippen molar-refractivity contribution in [1.29, 1.82) is 0 Å². The molecule has 106 valence electrons. The highest BCUT2D eigenvalue weighted by atomic mass is 14.9. The fourth-order valence-electron chi connectivity index (χ4n) is 3.06. The minimum Gasteiger partial charge on any atom is -0.316 e. The molecule has 1 aromatic rings. The molecule has 0 heterocycles. The average Bonchev–Trinajstić information content (AvgIpc) is 2.85. The van der Waals surface area contributed by atoms with Crippen LogP contribution < -0.4 is 5.32 Å². The lowest BCUT2D eigenvalue weighted by atomic mass is 9.88. The van der Waals surface area contributed by atoms with Gasteiger partial charge in [0.05, 0.1) is 0 Å². The van der Waals surface area contributed by atoms with Gasteiger partial charge in [-0.3, -0.25) is 0 Å². The van der Waals surface area contributed by atoms with E-state index < -0.39 is 0 Å². The Bertz CT molecular complexity index is 395. The summed E-state index contributed by atoms with van der Waals surface area (Å²) in [7, 11) is 0. The smallest absolute Gasteiger partial charge is 0.00149 e. The van der Waals surface area contributed by atoms with Gasteiger partial charge in [0, 0.05) is 0 Å². The molecule has 0 aliphatic heterocycles. The van der Waals surface area contributed by atoms with Crippen LogP contribution >= 0.6 is 0 Å². The number of hydrogen-bond donors (Lipinski definition) is 1. The van der Waals surface area contributed by atoms with Crippen LogP contribution in [0.1, 0.15) is 50.3 Å². The van der Waals surface area contributed by atoms with Crippen molar-refractivity contribution in [1.82, 2.24) is 5.32 Å². The molecule has 1 aliphatic carbocycles. The number of aryl methyl sites for hydroxylation is 2. The molecule has 19 heavy (non-hydrogen) atoms. The molecule has 0 aromatic heterocycles. The van der Waals surface area contributed by atoms with Gasteiger partial charge in [-0.2, -0.15) is 0 Å². The molecule has 1 heteroatoms. The number of rotatable bonds is 7. The second-order valence-electron chi connectivity index (χ2n) is 6.37. The Hall–Kier alpha value is -0.820. The van der Waals surface area contributed by atoms with Crippen LogP contribution in [0.4, 0.5) is 0 Å². The molecular weight excluding hydrogens is 230 g/mol. The molecule has 2 rings (SSSR count). The van der Waals surface area contributed by atoms with Crippen molar-refractivity contribution < 1.29 is 0 Å². The molecule has 1 N–H and O–H groups in total. The second kappa shape index (κ2) is 7.09. The fourth-order valence-corrected chi connectivity index (χ4v) is 3.06. The van der Waals surface area contributed by atoms with Crippen molar-refractivity contribution in [3.8, 4) is 0 Å². The topological polar surface area (TPSA) is 12.0 Å². The summed E-state index contributed by atoms with van der Waals surface area (Å²) in [5, 5.41) is 3.59. The van der Waals surface area contributed by atoms with Gasteiger partial charge in [-0.1, -0.05) is 39.0 Å². The number of fused-ring (bicyclic) bond motifs is 1. The van der Waals surface area contributed by atoms with Crippen molar-refractivity contribution >= 4 is 0 Å². The molecule has 0 saturated carbocycles. The Morgan fingerprint density at radius 1 is 1.16 bits per heavy atom. The predicted octanol–water partition coefficient (Wildman–Crippen LogP) is 3.99. The second-order valence-corrected chi connectivity index (χ2v) is 6.37. The van der Waals surface area contributed by atoms with E-state index in [4.69, 9.17) is 0 Å². The van der Waals surface area contributed by atoms with Gasteiger partial charge in [-0.25, -0.2) is 0 Å². The first-order chi connectivity index (χ1) is 9.20. The summed E-state index contributed by atoms with van der Waals surface area (Å²) in [5.74, 6) is 1.50. The lowest BCUT2D eigenvalue weighted by molar-refractivity contribution is 0.361. The third kappa shape index (κ3) is 4.07. The van der Waals surface area contributed by atoms with Crippen molar-refractivity contribution in [2.24, 2.45) is 11.8 Å². The van der Waals surface area contributed by atoms with E-state index in [-0.39, 0.29) is 0 Å². The summed E-state index contributed by atoms with van der Waals surface area (Å²) in [6.07, 6.45) is 6.39. The maximum absolute atomic E-state index is 3.59. The minimum atomic E-state index is 0.748. The van der Waals surface area contributed by atoms with Crippen molar-refractivity contribution in [2.45, 2.75) is 52.9 Å². The standard InChI is InChI=1S/C18H29N/c1-4-10-19-13-18(14(2)3)12-15-8-9-16-6-5-7-17(16)11-15/h8-9,11,14,18-19H,4-7,10,12-13H2,1-3H3. The Balaban J connectivity index is 1.96. The maximum atomic E-state index is 3.59. The molecular formula is C18H29N. The van der Waals surface area contributed by atoms with Crippen LogP contribution in [0.3, 0.4) is 0 Å². The van der Waals surface area contributed by atoms with Crippen molar-refractivity contribution in [3.05, 3.63) is 34.9 Å². The van der Waals surface area contributed by atoms with Crippen LogP contribution in [0.25, 0.3) is 0 Å². The molecule has 1 unspecified atom stereocenters. The van der Waals surface area contributed by atoms with Crippen molar-refractivity contribution in [3.63, 3.8) is 0 Å². The number of nitrogens with one attached hydrogen (secondary N) is 1. The molecule has 0 fully saturated rings. The largest absolute Gasteiger partial charge is 0.316 e. The summed E-state index contributed by atoms with van der Waals surface area (Å²) in [4.78, 5) is 0. The zero-order valence-electron chi connectivity index (χ0n) is 12.8. The van der Waals surface area contributed by atoms with E-state index in [1.165, 1.54) is 37.7 Å². The summed E-state index contributed by atoms with van der Waals surface area (Å²) in [6, 6.07) is 7.20. The normalized spacial score (nSPS) is 15.8. The van der Waals surface area contributed by atoms with Crippen molar-refractivity contribution in [2.75, 3.05) is 13.1 Å². The molecule has 0 saturated heterocycles. The van der Waals surface area contributed by atoms with Crippen LogP contribution in [-0.2, 0) is 19.3 Å². The molecule has 0 radical (unpaired) electrons. The Labute approximate surface area is 118 Å². The molecule has 1 atom stereocenters. The molecule has 0 amide bonds. The minimum absolute atomic E-state index is 0.748. The Morgan fingerprint density at radius 3 is 2.68 bits per heavy atom. The lowest BCUT2D eigenvalue weighted by Crippen LogP contribution is -2.28. The van der Waals surface area contributed by atoms with Crippen LogP contribution in [0.2, 0.25) is 0 Å². The zero-order valence-corrected chi connectivity index (χ0v) is 12.8. The van der Waals surface area contributed by atoms with E-state index in [2.05, 4.69) is 44.3 Å². The maximum Gasteiger partial charge on any atom is -0.00149 e. The Kier molecular flexibility index (Phi) is 5.45.